The Morgan fingerprint density at radius 1 is 0.524 bits per heavy atom. The zero-order chi connectivity index (χ0) is 31.5. The number of Topliss-reactive ketones (excluding diaryl/α,β-unsaturated/α-hetero) is 4. The summed E-state index contributed by atoms with van der Waals surface area (Å²) in [6.45, 7) is 8.82. The second-order valence-corrected chi connectivity index (χ2v) is 11.2. The molecule has 0 heterocycles. The van der Waals surface area contributed by atoms with Crippen LogP contribution in [0.3, 0.4) is 0 Å². The first kappa shape index (κ1) is 30.7. The maximum Gasteiger partial charge on any atom is 0.195 e. The topological polar surface area (TPSA) is 168 Å². The SMILES string of the molecule is COCc1c(O)c(O)c(C(C)C)c2c1C(=O)C(C1=C(C)C(=O)c3c(c(COC)c(O)c(O)c3C(C)C)C1=O)=C(C)C2=O. The van der Waals surface area contributed by atoms with Crippen LogP contribution in [-0.4, -0.2) is 57.8 Å². The minimum Gasteiger partial charge on any atom is -0.504 e. The van der Waals surface area contributed by atoms with E-state index in [0.717, 1.165) is 0 Å². The third-order valence-electron chi connectivity index (χ3n) is 7.95. The van der Waals surface area contributed by atoms with E-state index in [-0.39, 0.29) is 80.0 Å². The monoisotopic (exact) mass is 578 g/mol. The van der Waals surface area contributed by atoms with Crippen molar-refractivity contribution in [2.75, 3.05) is 14.2 Å². The highest BCUT2D eigenvalue weighted by atomic mass is 16.5. The summed E-state index contributed by atoms with van der Waals surface area (Å²) in [6, 6.07) is 0. The molecular formula is C32H34O10. The number of aromatic hydroxyl groups is 4. The molecule has 0 unspecified atom stereocenters. The number of allylic oxidation sites excluding steroid dienone is 4. The van der Waals surface area contributed by atoms with Crippen molar-refractivity contribution in [2.45, 2.75) is 66.6 Å². The van der Waals surface area contributed by atoms with Gasteiger partial charge in [0.25, 0.3) is 0 Å². The summed E-state index contributed by atoms with van der Waals surface area (Å²) < 4.78 is 10.4. The number of hydrogen-bond donors (Lipinski definition) is 4. The van der Waals surface area contributed by atoms with Crippen molar-refractivity contribution in [3.63, 3.8) is 0 Å². The minimum absolute atomic E-state index is 0.0746. The standard InChI is InChI=1S/C32H34O10/c1-11(2)17-23-21(15(9-41-7)27(35)31(17)39)29(37)19(13(5)25(23)33)20-14(6)26(34)24-18(12(3)4)32(40)28(36)16(10-42-8)22(24)30(20)38/h11-12,35-36,39-40H,9-10H2,1-8H3. The average molecular weight is 579 g/mol. The van der Waals surface area contributed by atoms with Crippen molar-refractivity contribution in [3.05, 3.63) is 66.8 Å². The highest BCUT2D eigenvalue weighted by molar-refractivity contribution is 6.38. The first-order valence-electron chi connectivity index (χ1n) is 13.4. The molecule has 0 aliphatic heterocycles. The van der Waals surface area contributed by atoms with E-state index in [0.29, 0.717) is 0 Å². The minimum atomic E-state index is -0.800. The molecular weight excluding hydrogens is 544 g/mol. The summed E-state index contributed by atoms with van der Waals surface area (Å²) in [5, 5.41) is 43.4. The van der Waals surface area contributed by atoms with Crippen LogP contribution in [0.25, 0.3) is 0 Å². The smallest absolute Gasteiger partial charge is 0.195 e. The van der Waals surface area contributed by atoms with Crippen molar-refractivity contribution >= 4 is 23.1 Å². The quantitative estimate of drug-likeness (QED) is 0.323. The third-order valence-corrected chi connectivity index (χ3v) is 7.95. The van der Waals surface area contributed by atoms with Gasteiger partial charge in [0.05, 0.1) is 13.2 Å². The lowest BCUT2D eigenvalue weighted by Crippen LogP contribution is -2.32. The molecule has 10 heteroatoms. The van der Waals surface area contributed by atoms with Gasteiger partial charge in [-0.25, -0.2) is 0 Å². The van der Waals surface area contributed by atoms with E-state index >= 15 is 0 Å². The molecule has 0 aromatic heterocycles. The van der Waals surface area contributed by atoms with Crippen LogP contribution in [0, 0.1) is 0 Å². The maximum atomic E-state index is 14.4. The fourth-order valence-electron chi connectivity index (χ4n) is 6.05. The third kappa shape index (κ3) is 4.16. The van der Waals surface area contributed by atoms with Gasteiger partial charge in [-0.3, -0.25) is 19.2 Å². The number of phenolic OH excluding ortho intramolecular Hbond substituents is 4. The Hall–Kier alpha value is -4.28. The van der Waals surface area contributed by atoms with Gasteiger partial charge in [0.2, 0.25) is 0 Å². The molecule has 0 spiro atoms. The summed E-state index contributed by atoms with van der Waals surface area (Å²) in [6.07, 6.45) is 0. The predicted octanol–water partition coefficient (Wildman–Crippen LogP) is 5.14. The van der Waals surface area contributed by atoms with Gasteiger partial charge in [0.1, 0.15) is 0 Å². The van der Waals surface area contributed by atoms with Crippen LogP contribution < -0.4 is 0 Å². The van der Waals surface area contributed by atoms with Gasteiger partial charge in [-0.2, -0.15) is 0 Å². The van der Waals surface area contributed by atoms with Crippen molar-refractivity contribution in [1.82, 2.24) is 0 Å². The fourth-order valence-corrected chi connectivity index (χ4v) is 6.05. The van der Waals surface area contributed by atoms with Crippen LogP contribution in [0.4, 0.5) is 0 Å². The molecule has 0 bridgehead atoms. The molecule has 42 heavy (non-hydrogen) atoms. The molecule has 4 rings (SSSR count). The lowest BCUT2D eigenvalue weighted by molar-refractivity contribution is 0.0946. The number of fused-ring (bicyclic) bond motifs is 2. The molecule has 0 saturated heterocycles. The summed E-state index contributed by atoms with van der Waals surface area (Å²) in [5.74, 6) is -6.18. The van der Waals surface area contributed by atoms with Crippen LogP contribution in [0.15, 0.2) is 22.3 Å². The summed E-state index contributed by atoms with van der Waals surface area (Å²) in [7, 11) is 2.63. The Balaban J connectivity index is 2.11. The Labute approximate surface area is 242 Å². The van der Waals surface area contributed by atoms with Crippen LogP contribution in [0.2, 0.25) is 0 Å². The average Bonchev–Trinajstić information content (AvgIpc) is 2.92. The van der Waals surface area contributed by atoms with Crippen LogP contribution in [0.5, 0.6) is 23.0 Å². The van der Waals surface area contributed by atoms with E-state index in [1.54, 1.807) is 27.7 Å². The predicted molar refractivity (Wildman–Crippen MR) is 152 cm³/mol. The van der Waals surface area contributed by atoms with E-state index in [1.807, 2.05) is 0 Å². The molecule has 2 aliphatic carbocycles. The highest BCUT2D eigenvalue weighted by Crippen LogP contribution is 2.50. The second kappa shape index (κ2) is 10.8. The van der Waals surface area contributed by atoms with Crippen molar-refractivity contribution in [1.29, 1.82) is 0 Å². The van der Waals surface area contributed by atoms with E-state index in [1.165, 1.54) is 28.1 Å². The maximum absolute atomic E-state index is 14.4. The van der Waals surface area contributed by atoms with Crippen molar-refractivity contribution in [3.8, 4) is 23.0 Å². The molecule has 0 atom stereocenters. The normalized spacial score (nSPS) is 15.4. The molecule has 2 aliphatic rings. The molecule has 0 radical (unpaired) electrons. The van der Waals surface area contributed by atoms with E-state index < -0.39 is 58.0 Å². The molecule has 0 fully saturated rings. The molecule has 10 nitrogen and oxygen atoms in total. The first-order valence-corrected chi connectivity index (χ1v) is 13.4. The van der Waals surface area contributed by atoms with Gasteiger partial charge in [0.15, 0.2) is 46.1 Å². The summed E-state index contributed by atoms with van der Waals surface area (Å²) in [5.41, 5.74) is -1.65. The lowest BCUT2D eigenvalue weighted by atomic mass is 9.70. The zero-order valence-electron chi connectivity index (χ0n) is 24.8. The molecule has 2 aromatic carbocycles. The molecule has 0 saturated carbocycles. The number of hydrogen-bond acceptors (Lipinski definition) is 10. The molecule has 4 N–H and O–H groups in total. The largest absolute Gasteiger partial charge is 0.504 e. The number of methoxy groups -OCH3 is 2. The van der Waals surface area contributed by atoms with Crippen LogP contribution >= 0.6 is 0 Å². The lowest BCUT2D eigenvalue weighted by Gasteiger charge is -2.31. The zero-order valence-corrected chi connectivity index (χ0v) is 24.8. The van der Waals surface area contributed by atoms with Gasteiger partial charge < -0.3 is 29.9 Å². The number of rotatable bonds is 7. The van der Waals surface area contributed by atoms with E-state index in [2.05, 4.69) is 0 Å². The first-order chi connectivity index (χ1) is 19.6. The summed E-state index contributed by atoms with van der Waals surface area (Å²) >= 11 is 0. The van der Waals surface area contributed by atoms with Gasteiger partial charge in [-0.1, -0.05) is 27.7 Å². The van der Waals surface area contributed by atoms with Crippen LogP contribution in [0.1, 0.15) is 117 Å². The highest BCUT2D eigenvalue weighted by Gasteiger charge is 2.45. The van der Waals surface area contributed by atoms with Gasteiger partial charge in [-0.15, -0.1) is 0 Å². The van der Waals surface area contributed by atoms with Gasteiger partial charge in [-0.05, 0) is 25.7 Å². The molecule has 222 valence electrons. The Morgan fingerprint density at radius 3 is 1.10 bits per heavy atom. The number of benzene rings is 2. The Morgan fingerprint density at radius 2 is 0.833 bits per heavy atom. The van der Waals surface area contributed by atoms with Crippen molar-refractivity contribution < 1.29 is 49.1 Å². The number of carbonyl (C=O) groups is 4. The second-order valence-electron chi connectivity index (χ2n) is 11.2. The number of phenols is 4. The molecule has 2 aromatic rings. The number of ketones is 4. The summed E-state index contributed by atoms with van der Waals surface area (Å²) in [4.78, 5) is 56.6. The van der Waals surface area contributed by atoms with Gasteiger partial charge >= 0.3 is 0 Å². The Bertz CT molecular complexity index is 1540. The number of carbonyl (C=O) groups excluding carboxylic acids is 4. The van der Waals surface area contributed by atoms with E-state index in [4.69, 9.17) is 9.47 Å². The van der Waals surface area contributed by atoms with Crippen LogP contribution in [-0.2, 0) is 22.7 Å². The molecule has 0 amide bonds. The fraction of sp³-hybridized carbons (Fsp3) is 0.375. The van der Waals surface area contributed by atoms with Crippen molar-refractivity contribution in [2.24, 2.45) is 0 Å². The number of ether oxygens (including phenoxy) is 2. The Kier molecular flexibility index (Phi) is 7.92. The van der Waals surface area contributed by atoms with E-state index in [9.17, 15) is 39.6 Å². The van der Waals surface area contributed by atoms with Gasteiger partial charge in [0, 0.05) is 81.0 Å².